The van der Waals surface area contributed by atoms with Gasteiger partial charge in [-0.1, -0.05) is 81.0 Å². The van der Waals surface area contributed by atoms with Crippen LogP contribution < -0.4 is 14.8 Å². The van der Waals surface area contributed by atoms with Gasteiger partial charge in [-0.05, 0) is 25.0 Å². The van der Waals surface area contributed by atoms with Gasteiger partial charge in [0.2, 0.25) is 0 Å². The molecule has 0 aliphatic heterocycles. The van der Waals surface area contributed by atoms with E-state index in [1.807, 2.05) is 12.1 Å². The van der Waals surface area contributed by atoms with Crippen molar-refractivity contribution < 1.29 is 9.47 Å². The van der Waals surface area contributed by atoms with Crippen molar-refractivity contribution in [3.05, 3.63) is 59.2 Å². The van der Waals surface area contributed by atoms with E-state index in [1.54, 1.807) is 7.11 Å². The number of benzene rings is 2. The molecule has 27 heavy (non-hydrogen) atoms. The van der Waals surface area contributed by atoms with Crippen molar-refractivity contribution in [2.75, 3.05) is 13.7 Å². The van der Waals surface area contributed by atoms with Crippen LogP contribution in [-0.4, -0.2) is 13.7 Å². The zero-order valence-corrected chi connectivity index (χ0v) is 17.2. The lowest BCUT2D eigenvalue weighted by Gasteiger charge is -2.16. The average Bonchev–Trinajstić information content (AvgIpc) is 2.69. The minimum atomic E-state index is 0.747. The average molecular weight is 370 g/mol. The Morgan fingerprint density at radius 1 is 0.852 bits per heavy atom. The predicted molar refractivity (Wildman–Crippen MR) is 114 cm³/mol. The Balaban J connectivity index is 1.84. The molecule has 1 N–H and O–H groups in total. The molecule has 0 spiro atoms. The summed E-state index contributed by atoms with van der Waals surface area (Å²) in [4.78, 5) is 0. The van der Waals surface area contributed by atoms with E-state index in [0.29, 0.717) is 0 Å². The molecule has 0 aliphatic rings. The van der Waals surface area contributed by atoms with Gasteiger partial charge in [-0.2, -0.15) is 0 Å². The molecule has 0 atom stereocenters. The van der Waals surface area contributed by atoms with E-state index in [1.165, 1.54) is 43.2 Å². The number of aryl methyl sites for hydroxylation is 1. The maximum absolute atomic E-state index is 6.12. The fraction of sp³-hybridized carbons (Fsp3) is 0.500. The highest BCUT2D eigenvalue weighted by Gasteiger charge is 2.10. The van der Waals surface area contributed by atoms with Crippen molar-refractivity contribution in [1.29, 1.82) is 0 Å². The molecule has 3 nitrogen and oxygen atoms in total. The van der Waals surface area contributed by atoms with Crippen molar-refractivity contribution in [2.24, 2.45) is 0 Å². The summed E-state index contributed by atoms with van der Waals surface area (Å²) in [6, 6.07) is 14.8. The minimum Gasteiger partial charge on any atom is -0.493 e. The molecule has 0 saturated heterocycles. The third kappa shape index (κ3) is 7.64. The lowest BCUT2D eigenvalue weighted by molar-refractivity contribution is 0.281. The standard InChI is InChI=1S/C24H35NO2/c1-4-5-6-7-8-9-17-27-24-22(11-10-12-23(24)26-3)19-25-18-21-15-13-20(2)14-16-21/h10-16,25H,4-9,17-19H2,1-3H3. The molecule has 0 unspecified atom stereocenters. The summed E-state index contributed by atoms with van der Waals surface area (Å²) in [5.74, 6) is 1.69. The Hall–Kier alpha value is -2.00. The van der Waals surface area contributed by atoms with Crippen LogP contribution in [0.1, 0.15) is 62.1 Å². The van der Waals surface area contributed by atoms with Gasteiger partial charge >= 0.3 is 0 Å². The number of para-hydroxylation sites is 1. The summed E-state index contributed by atoms with van der Waals surface area (Å²) < 4.78 is 11.6. The molecule has 148 valence electrons. The SMILES string of the molecule is CCCCCCCCOc1c(CNCc2ccc(C)cc2)cccc1OC. The molecule has 0 heterocycles. The third-order valence-corrected chi connectivity index (χ3v) is 4.79. The lowest BCUT2D eigenvalue weighted by Crippen LogP contribution is -2.14. The summed E-state index contributed by atoms with van der Waals surface area (Å²) in [5.41, 5.74) is 3.72. The second kappa shape index (κ2) is 12.4. The predicted octanol–water partition coefficient (Wildman–Crippen LogP) is 6.03. The summed E-state index contributed by atoms with van der Waals surface area (Å²) in [6.45, 7) is 6.71. The highest BCUT2D eigenvalue weighted by atomic mass is 16.5. The molecule has 2 aromatic rings. The van der Waals surface area contributed by atoms with Gasteiger partial charge in [-0.3, -0.25) is 0 Å². The monoisotopic (exact) mass is 369 g/mol. The van der Waals surface area contributed by atoms with Crippen LogP contribution in [-0.2, 0) is 13.1 Å². The van der Waals surface area contributed by atoms with Crippen LogP contribution in [0.2, 0.25) is 0 Å². The number of hydrogen-bond acceptors (Lipinski definition) is 3. The van der Waals surface area contributed by atoms with Gasteiger partial charge < -0.3 is 14.8 Å². The minimum absolute atomic E-state index is 0.747. The number of rotatable bonds is 13. The zero-order valence-electron chi connectivity index (χ0n) is 17.2. The zero-order chi connectivity index (χ0) is 19.3. The molecular weight excluding hydrogens is 334 g/mol. The first-order chi connectivity index (χ1) is 13.2. The van der Waals surface area contributed by atoms with E-state index < -0.39 is 0 Å². The molecule has 0 aliphatic carbocycles. The third-order valence-electron chi connectivity index (χ3n) is 4.79. The van der Waals surface area contributed by atoms with E-state index in [4.69, 9.17) is 9.47 Å². The van der Waals surface area contributed by atoms with Crippen LogP contribution in [0.3, 0.4) is 0 Å². The van der Waals surface area contributed by atoms with Gasteiger partial charge in [0, 0.05) is 18.7 Å². The van der Waals surface area contributed by atoms with E-state index in [9.17, 15) is 0 Å². The first kappa shape index (κ1) is 21.3. The van der Waals surface area contributed by atoms with Crippen molar-refractivity contribution >= 4 is 0 Å². The topological polar surface area (TPSA) is 30.5 Å². The molecule has 2 aromatic carbocycles. The van der Waals surface area contributed by atoms with E-state index in [2.05, 4.69) is 49.5 Å². The van der Waals surface area contributed by atoms with Gasteiger partial charge in [0.1, 0.15) is 0 Å². The van der Waals surface area contributed by atoms with Crippen LogP contribution in [0.15, 0.2) is 42.5 Å². The first-order valence-corrected chi connectivity index (χ1v) is 10.3. The fourth-order valence-corrected chi connectivity index (χ4v) is 3.13. The molecule has 0 bridgehead atoms. The van der Waals surface area contributed by atoms with Gasteiger partial charge in [-0.15, -0.1) is 0 Å². The highest BCUT2D eigenvalue weighted by Crippen LogP contribution is 2.31. The molecule has 0 radical (unpaired) electrons. The van der Waals surface area contributed by atoms with Crippen molar-refractivity contribution in [3.8, 4) is 11.5 Å². The Morgan fingerprint density at radius 3 is 2.33 bits per heavy atom. The number of methoxy groups -OCH3 is 1. The molecule has 0 fully saturated rings. The van der Waals surface area contributed by atoms with E-state index in [0.717, 1.165) is 43.2 Å². The van der Waals surface area contributed by atoms with Crippen molar-refractivity contribution in [1.82, 2.24) is 5.32 Å². The Morgan fingerprint density at radius 2 is 1.59 bits per heavy atom. The molecule has 0 saturated carbocycles. The quantitative estimate of drug-likeness (QED) is 0.437. The van der Waals surface area contributed by atoms with Gasteiger partial charge in [-0.25, -0.2) is 0 Å². The van der Waals surface area contributed by atoms with Crippen LogP contribution >= 0.6 is 0 Å². The van der Waals surface area contributed by atoms with Crippen molar-refractivity contribution in [3.63, 3.8) is 0 Å². The summed E-state index contributed by atoms with van der Waals surface area (Å²) in [5, 5.41) is 3.52. The van der Waals surface area contributed by atoms with E-state index in [-0.39, 0.29) is 0 Å². The molecule has 3 heteroatoms. The fourth-order valence-electron chi connectivity index (χ4n) is 3.13. The second-order valence-corrected chi connectivity index (χ2v) is 7.15. The Bertz CT molecular complexity index is 652. The summed E-state index contributed by atoms with van der Waals surface area (Å²) in [7, 11) is 1.70. The molecule has 0 amide bonds. The van der Waals surface area contributed by atoms with Crippen LogP contribution in [0.25, 0.3) is 0 Å². The van der Waals surface area contributed by atoms with Gasteiger partial charge in [0.05, 0.1) is 13.7 Å². The normalized spacial score (nSPS) is 10.8. The van der Waals surface area contributed by atoms with E-state index >= 15 is 0 Å². The maximum atomic E-state index is 6.12. The smallest absolute Gasteiger partial charge is 0.165 e. The highest BCUT2D eigenvalue weighted by molar-refractivity contribution is 5.46. The molecule has 2 rings (SSSR count). The Kier molecular flexibility index (Phi) is 9.78. The first-order valence-electron chi connectivity index (χ1n) is 10.3. The number of nitrogens with one attached hydrogen (secondary N) is 1. The number of ether oxygens (including phenoxy) is 2. The van der Waals surface area contributed by atoms with Crippen LogP contribution in [0.4, 0.5) is 0 Å². The van der Waals surface area contributed by atoms with Crippen LogP contribution in [0.5, 0.6) is 11.5 Å². The van der Waals surface area contributed by atoms with Gasteiger partial charge in [0.15, 0.2) is 11.5 Å². The van der Waals surface area contributed by atoms with Crippen molar-refractivity contribution in [2.45, 2.75) is 65.5 Å². The summed E-state index contributed by atoms with van der Waals surface area (Å²) in [6.07, 6.45) is 7.59. The Labute approximate surface area is 165 Å². The summed E-state index contributed by atoms with van der Waals surface area (Å²) >= 11 is 0. The number of hydrogen-bond donors (Lipinski definition) is 1. The lowest BCUT2D eigenvalue weighted by atomic mass is 10.1. The number of unbranched alkanes of at least 4 members (excludes halogenated alkanes) is 5. The molecule has 0 aromatic heterocycles. The largest absolute Gasteiger partial charge is 0.493 e. The molecular formula is C24H35NO2. The maximum Gasteiger partial charge on any atom is 0.165 e. The second-order valence-electron chi connectivity index (χ2n) is 7.15. The van der Waals surface area contributed by atoms with Crippen LogP contribution in [0, 0.1) is 6.92 Å². The van der Waals surface area contributed by atoms with Gasteiger partial charge in [0.25, 0.3) is 0 Å².